The average Bonchev–Trinajstić information content (AvgIpc) is 2.81. The molecule has 3 rings (SSSR count). The van der Waals surface area contributed by atoms with Gasteiger partial charge in [0, 0.05) is 37.3 Å². The minimum Gasteiger partial charge on any atom is -0.496 e. The zero-order valence-corrected chi connectivity index (χ0v) is 19.2. The molecule has 1 aliphatic rings. The van der Waals surface area contributed by atoms with E-state index in [-0.39, 0.29) is 29.2 Å². The van der Waals surface area contributed by atoms with Crippen molar-refractivity contribution in [3.8, 4) is 17.2 Å². The summed E-state index contributed by atoms with van der Waals surface area (Å²) in [6.45, 7) is 1.11. The zero-order valence-electron chi connectivity index (χ0n) is 18.5. The number of hydrogen-bond donors (Lipinski definition) is 1. The molecule has 33 heavy (non-hydrogen) atoms. The van der Waals surface area contributed by atoms with Crippen LogP contribution in [0.3, 0.4) is 0 Å². The number of ether oxygens (including phenoxy) is 3. The zero-order chi connectivity index (χ0) is 24.2. The molecule has 7 nitrogen and oxygen atoms in total. The van der Waals surface area contributed by atoms with E-state index in [4.69, 9.17) is 25.8 Å². The number of carbonyl (C=O) groups is 1. The third-order valence-corrected chi connectivity index (χ3v) is 5.85. The van der Waals surface area contributed by atoms with Gasteiger partial charge in [-0.3, -0.25) is 4.79 Å². The number of pyridine rings is 1. The number of piperidine rings is 1. The van der Waals surface area contributed by atoms with Crippen LogP contribution in [-0.2, 0) is 17.5 Å². The molecule has 0 spiro atoms. The third kappa shape index (κ3) is 5.73. The Morgan fingerprint density at radius 1 is 1.12 bits per heavy atom. The van der Waals surface area contributed by atoms with Crippen molar-refractivity contribution in [2.45, 2.75) is 25.6 Å². The minimum atomic E-state index is -4.50. The first-order valence-corrected chi connectivity index (χ1v) is 10.6. The molecule has 2 heterocycles. The Morgan fingerprint density at radius 3 is 2.21 bits per heavy atom. The summed E-state index contributed by atoms with van der Waals surface area (Å²) < 4.78 is 54.5. The molecule has 0 saturated carbocycles. The molecule has 0 radical (unpaired) electrons. The number of methoxy groups -OCH3 is 3. The van der Waals surface area contributed by atoms with Crippen LogP contribution in [-0.4, -0.2) is 45.3 Å². The highest BCUT2D eigenvalue weighted by atomic mass is 35.5. The van der Waals surface area contributed by atoms with Crippen molar-refractivity contribution in [3.63, 3.8) is 0 Å². The number of rotatable bonds is 7. The number of anilines is 1. The van der Waals surface area contributed by atoms with Gasteiger partial charge in [0.05, 0.1) is 44.0 Å². The van der Waals surface area contributed by atoms with Crippen LogP contribution in [0.1, 0.15) is 24.0 Å². The van der Waals surface area contributed by atoms with Crippen LogP contribution in [0.4, 0.5) is 19.0 Å². The first kappa shape index (κ1) is 24.8. The fourth-order valence-electron chi connectivity index (χ4n) is 3.74. The standard InChI is InChI=1S/C22H25ClF3N3O4/c1-31-15-9-18(32-2)16(19(10-15)33-3)12-28-21(30)13-4-6-29(7-5-13)20-17(23)8-14(11-27-20)22(24,25)26/h8-11,13H,4-7,12H2,1-3H3,(H,28,30). The van der Waals surface area contributed by atoms with Gasteiger partial charge in [-0.05, 0) is 18.9 Å². The Morgan fingerprint density at radius 2 is 1.73 bits per heavy atom. The van der Waals surface area contributed by atoms with Gasteiger partial charge in [0.2, 0.25) is 5.91 Å². The predicted molar refractivity (Wildman–Crippen MR) is 117 cm³/mol. The highest BCUT2D eigenvalue weighted by Crippen LogP contribution is 2.36. The summed E-state index contributed by atoms with van der Waals surface area (Å²) in [7, 11) is 4.58. The molecule has 1 N–H and O–H groups in total. The lowest BCUT2D eigenvalue weighted by Gasteiger charge is -2.32. The van der Waals surface area contributed by atoms with Gasteiger partial charge in [0.15, 0.2) is 0 Å². The van der Waals surface area contributed by atoms with E-state index >= 15 is 0 Å². The van der Waals surface area contributed by atoms with Gasteiger partial charge in [-0.1, -0.05) is 11.6 Å². The van der Waals surface area contributed by atoms with Crippen molar-refractivity contribution < 1.29 is 32.2 Å². The lowest BCUT2D eigenvalue weighted by molar-refractivity contribution is -0.137. The Bertz CT molecular complexity index is 970. The lowest BCUT2D eigenvalue weighted by atomic mass is 9.95. The van der Waals surface area contributed by atoms with Crippen molar-refractivity contribution >= 4 is 23.3 Å². The lowest BCUT2D eigenvalue weighted by Crippen LogP contribution is -2.40. The molecule has 1 aliphatic heterocycles. The van der Waals surface area contributed by atoms with E-state index in [2.05, 4.69) is 10.3 Å². The van der Waals surface area contributed by atoms with Crippen LogP contribution in [0.2, 0.25) is 5.02 Å². The molecule has 11 heteroatoms. The van der Waals surface area contributed by atoms with Gasteiger partial charge in [0.25, 0.3) is 0 Å². The average molecular weight is 488 g/mol. The molecule has 1 fully saturated rings. The second-order valence-corrected chi connectivity index (χ2v) is 7.92. The smallest absolute Gasteiger partial charge is 0.417 e. The van der Waals surface area contributed by atoms with Gasteiger partial charge < -0.3 is 24.4 Å². The van der Waals surface area contributed by atoms with Crippen molar-refractivity contribution in [1.82, 2.24) is 10.3 Å². The molecule has 0 atom stereocenters. The van der Waals surface area contributed by atoms with Gasteiger partial charge >= 0.3 is 6.18 Å². The van der Waals surface area contributed by atoms with E-state index in [1.807, 2.05) is 0 Å². The Hall–Kier alpha value is -2.88. The highest BCUT2D eigenvalue weighted by molar-refractivity contribution is 6.33. The molecular weight excluding hydrogens is 463 g/mol. The van der Waals surface area contributed by atoms with Crippen LogP contribution in [0.15, 0.2) is 24.4 Å². The third-order valence-electron chi connectivity index (χ3n) is 5.57. The number of carbonyl (C=O) groups excluding carboxylic acids is 1. The number of aromatic nitrogens is 1. The Labute approximate surface area is 194 Å². The molecule has 0 unspecified atom stereocenters. The number of alkyl halides is 3. The first-order valence-electron chi connectivity index (χ1n) is 10.2. The van der Waals surface area contributed by atoms with Crippen LogP contribution in [0, 0.1) is 5.92 Å². The number of hydrogen-bond acceptors (Lipinski definition) is 6. The summed E-state index contributed by atoms with van der Waals surface area (Å²) in [4.78, 5) is 18.5. The van der Waals surface area contributed by atoms with Crippen LogP contribution >= 0.6 is 11.6 Å². The fraction of sp³-hybridized carbons (Fsp3) is 0.455. The van der Waals surface area contributed by atoms with Crippen LogP contribution < -0.4 is 24.4 Å². The molecular formula is C22H25ClF3N3O4. The predicted octanol–water partition coefficient (Wildman–Crippen LogP) is 4.31. The maximum atomic E-state index is 12.8. The fourth-order valence-corrected chi connectivity index (χ4v) is 4.03. The summed E-state index contributed by atoms with van der Waals surface area (Å²) >= 11 is 6.05. The molecule has 0 aliphatic carbocycles. The highest BCUT2D eigenvalue weighted by Gasteiger charge is 2.33. The summed E-state index contributed by atoms with van der Waals surface area (Å²) in [6.07, 6.45) is -2.70. The van der Waals surface area contributed by atoms with E-state index in [0.717, 1.165) is 12.3 Å². The number of halogens is 4. The van der Waals surface area contributed by atoms with Gasteiger partial charge in [0.1, 0.15) is 23.1 Å². The maximum Gasteiger partial charge on any atom is 0.417 e. The topological polar surface area (TPSA) is 72.9 Å². The van der Waals surface area contributed by atoms with Gasteiger partial charge in [-0.15, -0.1) is 0 Å². The number of amides is 1. The van der Waals surface area contributed by atoms with Gasteiger partial charge in [-0.25, -0.2) is 4.98 Å². The Balaban J connectivity index is 1.61. The summed E-state index contributed by atoms with van der Waals surface area (Å²) in [5, 5.41) is 2.86. The molecule has 1 saturated heterocycles. The Kier molecular flexibility index (Phi) is 7.78. The van der Waals surface area contributed by atoms with Gasteiger partial charge in [-0.2, -0.15) is 13.2 Å². The SMILES string of the molecule is COc1cc(OC)c(CNC(=O)C2CCN(c3ncc(C(F)(F)F)cc3Cl)CC2)c(OC)c1. The van der Waals surface area contributed by atoms with E-state index in [0.29, 0.717) is 48.7 Å². The normalized spacial score (nSPS) is 14.7. The molecule has 2 aromatic rings. The quantitative estimate of drug-likeness (QED) is 0.627. The summed E-state index contributed by atoms with van der Waals surface area (Å²) in [5.74, 6) is 1.55. The largest absolute Gasteiger partial charge is 0.496 e. The van der Waals surface area contributed by atoms with E-state index in [1.54, 1.807) is 17.0 Å². The van der Waals surface area contributed by atoms with Crippen molar-refractivity contribution in [2.75, 3.05) is 39.3 Å². The molecule has 180 valence electrons. The van der Waals surface area contributed by atoms with Crippen molar-refractivity contribution in [3.05, 3.63) is 40.5 Å². The van der Waals surface area contributed by atoms with E-state index < -0.39 is 11.7 Å². The summed E-state index contributed by atoms with van der Waals surface area (Å²) in [5.41, 5.74) is -0.206. The second-order valence-electron chi connectivity index (χ2n) is 7.52. The maximum absolute atomic E-state index is 12.8. The monoisotopic (exact) mass is 487 g/mol. The van der Waals surface area contributed by atoms with Crippen LogP contribution in [0.5, 0.6) is 17.2 Å². The van der Waals surface area contributed by atoms with Crippen molar-refractivity contribution in [1.29, 1.82) is 0 Å². The first-order chi connectivity index (χ1) is 15.7. The number of benzene rings is 1. The molecule has 1 aromatic carbocycles. The number of nitrogens with zero attached hydrogens (tertiary/aromatic N) is 2. The van der Waals surface area contributed by atoms with E-state index in [1.165, 1.54) is 21.3 Å². The number of nitrogens with one attached hydrogen (secondary N) is 1. The second kappa shape index (κ2) is 10.4. The molecule has 0 bridgehead atoms. The molecule has 1 aromatic heterocycles. The van der Waals surface area contributed by atoms with E-state index in [9.17, 15) is 18.0 Å². The summed E-state index contributed by atoms with van der Waals surface area (Å²) in [6, 6.07) is 4.30. The van der Waals surface area contributed by atoms with Crippen molar-refractivity contribution in [2.24, 2.45) is 5.92 Å². The van der Waals surface area contributed by atoms with Crippen LogP contribution in [0.25, 0.3) is 0 Å². The molecule has 1 amide bonds. The minimum absolute atomic E-state index is 0.0635.